The summed E-state index contributed by atoms with van der Waals surface area (Å²) in [6.07, 6.45) is 3.99. The van der Waals surface area contributed by atoms with Gasteiger partial charge in [0.05, 0.1) is 0 Å². The van der Waals surface area contributed by atoms with E-state index in [9.17, 15) is 0 Å². The molecule has 1 aromatic carbocycles. The van der Waals surface area contributed by atoms with Crippen molar-refractivity contribution in [3.63, 3.8) is 0 Å². The lowest BCUT2D eigenvalue weighted by Gasteiger charge is -2.05. The fourth-order valence-electron chi connectivity index (χ4n) is 1.74. The van der Waals surface area contributed by atoms with Gasteiger partial charge in [0.1, 0.15) is 0 Å². The number of benzene rings is 1. The van der Waals surface area contributed by atoms with Gasteiger partial charge < -0.3 is 0 Å². The Bertz CT molecular complexity index is 287. The molecule has 0 N–H and O–H groups in total. The molecule has 0 unspecified atom stereocenters. The van der Waals surface area contributed by atoms with Crippen LogP contribution < -0.4 is 0 Å². The highest BCUT2D eigenvalue weighted by Crippen LogP contribution is 2.40. The molecule has 0 saturated heterocycles. The molecule has 0 amide bonds. The zero-order valence-electron chi connectivity index (χ0n) is 9.93. The molecule has 14 heavy (non-hydrogen) atoms. The van der Waals surface area contributed by atoms with E-state index >= 15 is 0 Å². The van der Waals surface area contributed by atoms with Gasteiger partial charge in [-0.3, -0.25) is 0 Å². The van der Waals surface area contributed by atoms with Crippen LogP contribution >= 0.6 is 0 Å². The molecule has 1 fully saturated rings. The lowest BCUT2D eigenvalue weighted by molar-refractivity contribution is 1.06. The minimum Gasteiger partial charge on any atom is -0.0683 e. The molecular weight excluding hydrogens is 168 g/mol. The molecule has 0 aromatic heterocycles. The third kappa shape index (κ3) is 2.60. The quantitative estimate of drug-likeness (QED) is 0.636. The van der Waals surface area contributed by atoms with Crippen LogP contribution in [0.25, 0.3) is 0 Å². The summed E-state index contributed by atoms with van der Waals surface area (Å²) < 4.78 is 0. The van der Waals surface area contributed by atoms with Crippen molar-refractivity contribution in [3.8, 4) is 0 Å². The van der Waals surface area contributed by atoms with E-state index < -0.39 is 0 Å². The highest BCUT2D eigenvalue weighted by Gasteiger charge is 2.23. The van der Waals surface area contributed by atoms with Gasteiger partial charge in [-0.05, 0) is 48.8 Å². The largest absolute Gasteiger partial charge is 0.0683 e. The molecule has 0 atom stereocenters. The monoisotopic (exact) mass is 192 g/mol. The van der Waals surface area contributed by atoms with E-state index in [-0.39, 0.29) is 1.43 Å². The summed E-state index contributed by atoms with van der Waals surface area (Å²) in [7, 11) is 0. The van der Waals surface area contributed by atoms with Crippen molar-refractivity contribution in [1.82, 2.24) is 0 Å². The minimum atomic E-state index is 0. The smallest absolute Gasteiger partial charge is 0 e. The summed E-state index contributed by atoms with van der Waals surface area (Å²) in [4.78, 5) is 0. The first kappa shape index (κ1) is 11.3. The summed E-state index contributed by atoms with van der Waals surface area (Å²) in [5.74, 6) is 0.899. The predicted octanol–water partition coefficient (Wildman–Crippen LogP) is 4.71. The van der Waals surface area contributed by atoms with Gasteiger partial charge in [0.25, 0.3) is 0 Å². The lowest BCUT2D eigenvalue weighted by Crippen LogP contribution is -1.88. The average molecular weight is 192 g/mol. The molecule has 80 valence electrons. The van der Waals surface area contributed by atoms with Gasteiger partial charge in [-0.1, -0.05) is 39.0 Å². The SMILES string of the molecule is CC.CCc1cc(C2CC2)ccc1C.[HH]. The molecule has 0 nitrogen and oxygen atoms in total. The molecule has 1 aliphatic carbocycles. The molecular formula is C14H24. The maximum Gasteiger partial charge on any atom is 0 e. The molecule has 1 aliphatic rings. The van der Waals surface area contributed by atoms with Crippen LogP contribution in [0.15, 0.2) is 18.2 Å². The van der Waals surface area contributed by atoms with Crippen LogP contribution in [0.1, 0.15) is 57.6 Å². The fourth-order valence-corrected chi connectivity index (χ4v) is 1.74. The molecule has 1 saturated carbocycles. The van der Waals surface area contributed by atoms with Gasteiger partial charge in [0, 0.05) is 1.43 Å². The standard InChI is InChI=1S/C12H16.C2H6.H2/c1-3-10-8-12(11-6-7-11)5-4-9(10)2;1-2;/h4-5,8,11H,3,6-7H2,1-2H3;1-2H3;1H. The fraction of sp³-hybridized carbons (Fsp3) is 0.571. The van der Waals surface area contributed by atoms with E-state index in [1.165, 1.54) is 30.4 Å². The van der Waals surface area contributed by atoms with Crippen LogP contribution in [-0.4, -0.2) is 0 Å². The van der Waals surface area contributed by atoms with Gasteiger partial charge in [0.15, 0.2) is 0 Å². The van der Waals surface area contributed by atoms with Crippen molar-refractivity contribution in [2.45, 2.75) is 52.9 Å². The zero-order valence-corrected chi connectivity index (χ0v) is 9.93. The highest BCUT2D eigenvalue weighted by atomic mass is 14.3. The Morgan fingerprint density at radius 2 is 1.93 bits per heavy atom. The summed E-state index contributed by atoms with van der Waals surface area (Å²) in [5, 5.41) is 0. The maximum absolute atomic E-state index is 2.40. The molecule has 0 bridgehead atoms. The predicted molar refractivity (Wildman–Crippen MR) is 66.0 cm³/mol. The molecule has 0 aliphatic heterocycles. The normalized spacial score (nSPS) is 14.6. The van der Waals surface area contributed by atoms with Crippen molar-refractivity contribution in [1.29, 1.82) is 0 Å². The average Bonchev–Trinajstić information content (AvgIpc) is 3.05. The van der Waals surface area contributed by atoms with Crippen molar-refractivity contribution in [2.24, 2.45) is 0 Å². The lowest BCUT2D eigenvalue weighted by atomic mass is 10.0. The molecule has 0 heterocycles. The summed E-state index contributed by atoms with van der Waals surface area (Å²) in [6.45, 7) is 8.44. The number of rotatable bonds is 2. The topological polar surface area (TPSA) is 0 Å². The third-order valence-electron chi connectivity index (χ3n) is 2.80. The summed E-state index contributed by atoms with van der Waals surface area (Å²) in [5.41, 5.74) is 4.54. The Hall–Kier alpha value is -0.780. The van der Waals surface area contributed by atoms with Gasteiger partial charge in [-0.25, -0.2) is 0 Å². The second-order valence-corrected chi connectivity index (χ2v) is 3.81. The van der Waals surface area contributed by atoms with E-state index in [0.29, 0.717) is 0 Å². The van der Waals surface area contributed by atoms with E-state index in [0.717, 1.165) is 5.92 Å². The van der Waals surface area contributed by atoms with Crippen LogP contribution in [-0.2, 0) is 6.42 Å². The van der Waals surface area contributed by atoms with Crippen molar-refractivity contribution >= 4 is 0 Å². The first-order valence-corrected chi connectivity index (χ1v) is 5.90. The van der Waals surface area contributed by atoms with Crippen LogP contribution in [0.5, 0.6) is 0 Å². The Labute approximate surface area is 89.8 Å². The highest BCUT2D eigenvalue weighted by molar-refractivity contribution is 5.34. The van der Waals surface area contributed by atoms with Crippen LogP contribution in [0, 0.1) is 6.92 Å². The van der Waals surface area contributed by atoms with Crippen molar-refractivity contribution in [3.05, 3.63) is 34.9 Å². The third-order valence-corrected chi connectivity index (χ3v) is 2.80. The van der Waals surface area contributed by atoms with Crippen LogP contribution in [0.3, 0.4) is 0 Å². The minimum absolute atomic E-state index is 0. The van der Waals surface area contributed by atoms with Gasteiger partial charge in [0.2, 0.25) is 0 Å². The van der Waals surface area contributed by atoms with E-state index in [4.69, 9.17) is 0 Å². The Kier molecular flexibility index (Phi) is 4.19. The molecule has 0 radical (unpaired) electrons. The molecule has 0 spiro atoms. The Morgan fingerprint density at radius 3 is 2.43 bits per heavy atom. The first-order valence-electron chi connectivity index (χ1n) is 5.90. The maximum atomic E-state index is 2.40. The van der Waals surface area contributed by atoms with E-state index in [1.54, 1.807) is 5.56 Å². The van der Waals surface area contributed by atoms with Gasteiger partial charge >= 0.3 is 0 Å². The zero-order chi connectivity index (χ0) is 10.6. The second-order valence-electron chi connectivity index (χ2n) is 3.81. The van der Waals surface area contributed by atoms with Crippen molar-refractivity contribution < 1.29 is 1.43 Å². The van der Waals surface area contributed by atoms with E-state index in [1.807, 2.05) is 13.8 Å². The molecule has 1 aromatic rings. The molecule has 0 heteroatoms. The summed E-state index contributed by atoms with van der Waals surface area (Å²) >= 11 is 0. The molecule has 2 rings (SSSR count). The second kappa shape index (κ2) is 5.19. The van der Waals surface area contributed by atoms with Crippen LogP contribution in [0.4, 0.5) is 0 Å². The first-order chi connectivity index (χ1) is 6.81. The number of hydrogen-bond donors (Lipinski definition) is 0. The van der Waals surface area contributed by atoms with Crippen molar-refractivity contribution in [2.75, 3.05) is 0 Å². The van der Waals surface area contributed by atoms with Gasteiger partial charge in [-0.15, -0.1) is 0 Å². The number of hydrogen-bond acceptors (Lipinski definition) is 0. The Morgan fingerprint density at radius 1 is 1.29 bits per heavy atom. The Balaban J connectivity index is 0.000000617. The van der Waals surface area contributed by atoms with Gasteiger partial charge in [-0.2, -0.15) is 0 Å². The number of aryl methyl sites for hydroxylation is 2. The van der Waals surface area contributed by atoms with E-state index in [2.05, 4.69) is 32.0 Å². The van der Waals surface area contributed by atoms with Crippen LogP contribution in [0.2, 0.25) is 0 Å². The summed E-state index contributed by atoms with van der Waals surface area (Å²) in [6, 6.07) is 6.96.